The van der Waals surface area contributed by atoms with E-state index < -0.39 is 17.8 Å². The zero-order valence-corrected chi connectivity index (χ0v) is 35.6. The predicted molar refractivity (Wildman–Crippen MR) is 233 cm³/mol. The number of carboxylic acid groups (broad SMARTS) is 2. The average Bonchev–Trinajstić information content (AvgIpc) is 3.15. The van der Waals surface area contributed by atoms with E-state index in [1.54, 1.807) is 24.3 Å². The third-order valence-electron chi connectivity index (χ3n) is 12.8. The van der Waals surface area contributed by atoms with Gasteiger partial charge in [0.25, 0.3) is 0 Å². The summed E-state index contributed by atoms with van der Waals surface area (Å²) >= 11 is 13.4. The van der Waals surface area contributed by atoms with Crippen LogP contribution in [0, 0.1) is 11.6 Å². The molecule has 8 heteroatoms. The van der Waals surface area contributed by atoms with Crippen LogP contribution in [0.3, 0.4) is 0 Å². The summed E-state index contributed by atoms with van der Waals surface area (Å²) in [5.41, 5.74) is 8.05. The Morgan fingerprint density at radius 2 is 0.948 bits per heavy atom. The number of carboxylic acids is 2. The summed E-state index contributed by atoms with van der Waals surface area (Å²) < 4.78 is 30.0. The SMILES string of the molecule is CC1(C)CCC(C)(C)c2cc(-c3ccc4cc(C(=O)O)cc(F)c4c3)c(Cl)cc21.CC1(C)CCC(C)(C)c2cc(-c3ccc4cc(C(=O)O)ccc4c3F)c(Cl)cc21. The van der Waals surface area contributed by atoms with Crippen molar-refractivity contribution in [3.8, 4) is 22.3 Å². The lowest BCUT2D eigenvalue weighted by Gasteiger charge is -2.42. The molecule has 6 aromatic carbocycles. The minimum atomic E-state index is -1.14. The van der Waals surface area contributed by atoms with Gasteiger partial charge >= 0.3 is 11.9 Å². The molecule has 8 rings (SSSR count). The van der Waals surface area contributed by atoms with Gasteiger partial charge in [-0.1, -0.05) is 109 Å². The number of hydrogen-bond donors (Lipinski definition) is 2. The van der Waals surface area contributed by atoms with Crippen molar-refractivity contribution in [3.05, 3.63) is 140 Å². The van der Waals surface area contributed by atoms with Gasteiger partial charge in [0.15, 0.2) is 0 Å². The number of carbonyl (C=O) groups is 2. The fourth-order valence-electron chi connectivity index (χ4n) is 8.84. The molecule has 300 valence electrons. The van der Waals surface area contributed by atoms with E-state index in [2.05, 4.69) is 73.6 Å². The number of benzene rings is 6. The summed E-state index contributed by atoms with van der Waals surface area (Å²) in [5.74, 6) is -3.09. The maximum Gasteiger partial charge on any atom is 0.335 e. The lowest BCUT2D eigenvalue weighted by Crippen LogP contribution is -2.33. The fourth-order valence-corrected chi connectivity index (χ4v) is 9.38. The summed E-state index contributed by atoms with van der Waals surface area (Å²) in [6, 6.07) is 24.1. The summed E-state index contributed by atoms with van der Waals surface area (Å²) in [7, 11) is 0. The van der Waals surface area contributed by atoms with E-state index in [4.69, 9.17) is 28.3 Å². The normalized spacial score (nSPS) is 17.2. The maximum absolute atomic E-state index is 15.4. The van der Waals surface area contributed by atoms with E-state index in [0.717, 1.165) is 42.9 Å². The van der Waals surface area contributed by atoms with Gasteiger partial charge in [0.05, 0.1) is 11.1 Å². The van der Waals surface area contributed by atoms with Crippen molar-refractivity contribution in [2.75, 3.05) is 0 Å². The molecule has 0 radical (unpaired) electrons. The van der Waals surface area contributed by atoms with E-state index >= 15 is 4.39 Å². The van der Waals surface area contributed by atoms with Crippen molar-refractivity contribution in [3.63, 3.8) is 0 Å². The van der Waals surface area contributed by atoms with Crippen molar-refractivity contribution in [2.45, 2.75) is 103 Å². The lowest BCUT2D eigenvalue weighted by molar-refractivity contribution is 0.0686. The van der Waals surface area contributed by atoms with Crippen molar-refractivity contribution in [1.82, 2.24) is 0 Å². The van der Waals surface area contributed by atoms with Crippen LogP contribution in [0.5, 0.6) is 0 Å². The fraction of sp³-hybridized carbons (Fsp3) is 0.320. The summed E-state index contributed by atoms with van der Waals surface area (Å²) in [6.07, 6.45) is 4.35. The van der Waals surface area contributed by atoms with Crippen molar-refractivity contribution < 1.29 is 28.6 Å². The molecule has 0 aliphatic heterocycles. The van der Waals surface area contributed by atoms with Gasteiger partial charge in [-0.3, -0.25) is 0 Å². The van der Waals surface area contributed by atoms with Gasteiger partial charge in [0.2, 0.25) is 0 Å². The Kier molecular flexibility index (Phi) is 10.3. The second kappa shape index (κ2) is 14.5. The van der Waals surface area contributed by atoms with Crippen LogP contribution in [-0.2, 0) is 21.7 Å². The molecule has 0 fully saturated rings. The topological polar surface area (TPSA) is 74.6 Å². The minimum absolute atomic E-state index is 0.00605. The first kappa shape index (κ1) is 41.4. The van der Waals surface area contributed by atoms with E-state index in [9.17, 15) is 19.1 Å². The highest BCUT2D eigenvalue weighted by atomic mass is 35.5. The zero-order chi connectivity index (χ0) is 42.3. The zero-order valence-electron chi connectivity index (χ0n) is 34.1. The van der Waals surface area contributed by atoms with Gasteiger partial charge in [-0.25, -0.2) is 18.4 Å². The van der Waals surface area contributed by atoms with Gasteiger partial charge in [0.1, 0.15) is 11.6 Å². The molecule has 58 heavy (non-hydrogen) atoms. The first-order valence-electron chi connectivity index (χ1n) is 19.6. The number of halogens is 4. The second-order valence-corrected chi connectivity index (χ2v) is 19.5. The molecule has 2 N–H and O–H groups in total. The van der Waals surface area contributed by atoms with Gasteiger partial charge in [-0.05, 0) is 141 Å². The average molecular weight is 822 g/mol. The molecule has 0 bridgehead atoms. The molecular weight excluding hydrogens is 773 g/mol. The first-order valence-corrected chi connectivity index (χ1v) is 20.4. The van der Waals surface area contributed by atoms with E-state index in [1.807, 2.05) is 12.1 Å². The quantitative estimate of drug-likeness (QED) is 0.186. The maximum atomic E-state index is 15.4. The molecule has 0 amide bonds. The molecular formula is C50H48Cl2F2O4. The Morgan fingerprint density at radius 1 is 0.500 bits per heavy atom. The smallest absolute Gasteiger partial charge is 0.335 e. The Morgan fingerprint density at radius 3 is 1.48 bits per heavy atom. The lowest BCUT2D eigenvalue weighted by atomic mass is 9.63. The third kappa shape index (κ3) is 7.39. The minimum Gasteiger partial charge on any atom is -0.478 e. The van der Waals surface area contributed by atoms with E-state index in [-0.39, 0.29) is 38.6 Å². The van der Waals surface area contributed by atoms with E-state index in [0.29, 0.717) is 42.7 Å². The molecule has 0 unspecified atom stereocenters. The van der Waals surface area contributed by atoms with Crippen LogP contribution in [0.2, 0.25) is 10.0 Å². The molecule has 2 aliphatic rings. The number of rotatable bonds is 4. The highest BCUT2D eigenvalue weighted by Gasteiger charge is 2.39. The van der Waals surface area contributed by atoms with Crippen molar-refractivity contribution >= 4 is 56.7 Å². The number of fused-ring (bicyclic) bond motifs is 4. The Hall–Kier alpha value is -4.78. The Bertz CT molecular complexity index is 2680. The molecule has 0 atom stereocenters. The van der Waals surface area contributed by atoms with Crippen LogP contribution in [0.15, 0.2) is 84.9 Å². The molecule has 0 saturated carbocycles. The molecule has 4 nitrogen and oxygen atoms in total. The monoisotopic (exact) mass is 820 g/mol. The largest absolute Gasteiger partial charge is 0.478 e. The molecule has 6 aromatic rings. The predicted octanol–water partition coefficient (Wildman–Crippen LogP) is 14.7. The van der Waals surface area contributed by atoms with Gasteiger partial charge in [-0.15, -0.1) is 0 Å². The standard InChI is InChI=1S/2C25H24ClFO2/c1-24(2)9-10-25(3,4)20-13-21(26)18(12-19(20)24)17-8-5-14-11-15(23(28)29)6-7-16(14)22(17)27;1-24(2)7-8-25(3,4)20-13-21(26)17(12-19(20)24)15-6-5-14-9-16(23(28)29)11-22(27)18(14)10-15/h5-8,11-13H,9-10H2,1-4H3,(H,28,29);5-6,9-13H,7-8H2,1-4H3,(H,28,29). The summed E-state index contributed by atoms with van der Waals surface area (Å²) in [4.78, 5) is 22.4. The van der Waals surface area contributed by atoms with Crippen LogP contribution in [0.4, 0.5) is 8.78 Å². The molecule has 0 saturated heterocycles. The van der Waals surface area contributed by atoms with Gasteiger partial charge in [-0.2, -0.15) is 0 Å². The van der Waals surface area contributed by atoms with Crippen LogP contribution in [0.25, 0.3) is 43.8 Å². The highest BCUT2D eigenvalue weighted by Crippen LogP contribution is 2.50. The Labute approximate surface area is 348 Å². The Balaban J connectivity index is 0.000000177. The van der Waals surface area contributed by atoms with Crippen molar-refractivity contribution in [2.24, 2.45) is 0 Å². The first-order chi connectivity index (χ1) is 27.0. The van der Waals surface area contributed by atoms with Crippen LogP contribution in [-0.4, -0.2) is 22.2 Å². The van der Waals surface area contributed by atoms with E-state index in [1.165, 1.54) is 46.5 Å². The van der Waals surface area contributed by atoms with Crippen LogP contribution >= 0.6 is 23.2 Å². The molecule has 0 aromatic heterocycles. The number of aromatic carboxylic acids is 2. The van der Waals surface area contributed by atoms with Crippen molar-refractivity contribution in [1.29, 1.82) is 0 Å². The summed E-state index contributed by atoms with van der Waals surface area (Å²) in [6.45, 7) is 17.9. The van der Waals surface area contributed by atoms with Crippen LogP contribution in [0.1, 0.15) is 124 Å². The summed E-state index contributed by atoms with van der Waals surface area (Å²) in [5, 5.41) is 21.4. The second-order valence-electron chi connectivity index (χ2n) is 18.7. The van der Waals surface area contributed by atoms with Gasteiger partial charge < -0.3 is 10.2 Å². The third-order valence-corrected chi connectivity index (χ3v) is 13.5. The molecule has 2 aliphatic carbocycles. The number of hydrogen-bond acceptors (Lipinski definition) is 2. The molecule has 0 spiro atoms. The van der Waals surface area contributed by atoms with Gasteiger partial charge in [0, 0.05) is 37.5 Å². The highest BCUT2D eigenvalue weighted by molar-refractivity contribution is 6.34. The molecule has 0 heterocycles. The van der Waals surface area contributed by atoms with Crippen LogP contribution < -0.4 is 0 Å².